The number of allylic oxidation sites excluding steroid dienone is 2. The molecule has 2 aromatic carbocycles. The number of para-hydroxylation sites is 1. The van der Waals surface area contributed by atoms with Gasteiger partial charge in [0.1, 0.15) is 5.75 Å². The molecule has 1 saturated carbocycles. The van der Waals surface area contributed by atoms with E-state index in [-0.39, 0.29) is 35.9 Å². The van der Waals surface area contributed by atoms with Crippen molar-refractivity contribution in [2.75, 3.05) is 41.6 Å². The smallest absolute Gasteiger partial charge is 0.254 e. The van der Waals surface area contributed by atoms with Crippen LogP contribution < -0.4 is 9.80 Å². The number of aryl methyl sites for hydroxylation is 1. The van der Waals surface area contributed by atoms with Crippen molar-refractivity contribution in [3.63, 3.8) is 0 Å². The minimum absolute atomic E-state index is 0.0615. The summed E-state index contributed by atoms with van der Waals surface area (Å²) in [6.07, 6.45) is 2.01. The summed E-state index contributed by atoms with van der Waals surface area (Å²) in [5.74, 6) is -5.23. The van der Waals surface area contributed by atoms with Crippen LogP contribution in [0.1, 0.15) is 29.9 Å². The van der Waals surface area contributed by atoms with Gasteiger partial charge < -0.3 is 14.7 Å². The van der Waals surface area contributed by atoms with Crippen LogP contribution in [0.25, 0.3) is 0 Å². The molecule has 3 aliphatic heterocycles. The van der Waals surface area contributed by atoms with Crippen molar-refractivity contribution in [1.29, 1.82) is 0 Å². The number of amides is 4. The molecule has 0 bridgehead atoms. The van der Waals surface area contributed by atoms with Gasteiger partial charge in [0, 0.05) is 30.3 Å². The van der Waals surface area contributed by atoms with Gasteiger partial charge in [0.05, 0.1) is 36.2 Å². The van der Waals surface area contributed by atoms with Crippen LogP contribution in [0, 0.1) is 24.7 Å². The summed E-state index contributed by atoms with van der Waals surface area (Å²) >= 11 is 17.7. The Labute approximate surface area is 272 Å². The number of nitrogens with zero attached hydrogens (tertiary/aromatic N) is 3. The third-order valence-electron chi connectivity index (χ3n) is 10.1. The molecule has 2 aliphatic carbocycles. The average molecular weight is 703 g/mol. The molecule has 2 aromatic rings. The molecule has 3 saturated heterocycles. The van der Waals surface area contributed by atoms with Crippen molar-refractivity contribution in [3.05, 3.63) is 65.2 Å². The Balaban J connectivity index is 1.30. The largest absolute Gasteiger partial charge is 0.507 e. The van der Waals surface area contributed by atoms with Crippen molar-refractivity contribution < 1.29 is 29.0 Å². The highest BCUT2D eigenvalue weighted by Gasteiger charge is 2.76. The fourth-order valence-corrected chi connectivity index (χ4v) is 9.32. The number of hydrogen-bond donors (Lipinski definition) is 1. The number of alkyl halides is 3. The van der Waals surface area contributed by atoms with Gasteiger partial charge in [0.25, 0.3) is 11.8 Å². The molecule has 9 nitrogen and oxygen atoms in total. The maximum Gasteiger partial charge on any atom is 0.254 e. The third kappa shape index (κ3) is 3.93. The quantitative estimate of drug-likeness (QED) is 0.217. The average Bonchev–Trinajstić information content (AvgIpc) is 3.37. The van der Waals surface area contributed by atoms with Crippen LogP contribution in [0.15, 0.2) is 54.1 Å². The third-order valence-corrected chi connectivity index (χ3v) is 12.0. The van der Waals surface area contributed by atoms with E-state index < -0.39 is 45.2 Å². The molecule has 0 aromatic heterocycles. The molecule has 7 rings (SSSR count). The molecule has 5 aliphatic rings. The number of hydrogen-bond acceptors (Lipinski definition) is 7. The maximum atomic E-state index is 14.3. The second-order valence-corrected chi connectivity index (χ2v) is 13.9. The highest BCUT2D eigenvalue weighted by atomic mass is 79.9. The molecule has 12 heteroatoms. The Morgan fingerprint density at radius 1 is 0.955 bits per heavy atom. The van der Waals surface area contributed by atoms with Gasteiger partial charge in [-0.3, -0.25) is 29.0 Å². The van der Waals surface area contributed by atoms with Gasteiger partial charge in [-0.25, -0.2) is 0 Å². The predicted octanol–water partition coefficient (Wildman–Crippen LogP) is 4.45. The minimum atomic E-state index is -1.96. The molecule has 44 heavy (non-hydrogen) atoms. The molecule has 4 fully saturated rings. The van der Waals surface area contributed by atoms with Crippen LogP contribution in [-0.2, 0) is 23.9 Å². The summed E-state index contributed by atoms with van der Waals surface area (Å²) in [6.45, 7) is 4.52. The number of ether oxygens (including phenoxy) is 1. The van der Waals surface area contributed by atoms with Crippen molar-refractivity contribution in [2.24, 2.45) is 17.8 Å². The van der Waals surface area contributed by atoms with Gasteiger partial charge in [0.2, 0.25) is 11.8 Å². The summed E-state index contributed by atoms with van der Waals surface area (Å²) in [5.41, 5.74) is 2.90. The number of benzene rings is 2. The molecule has 0 spiro atoms. The standard InChI is InChI=1S/C32H30BrCl2N3O6/c1-17-3-2-4-22(26(17)39)25-20-9-10-21-24(23(20)15-31(34)29(42)37(16-33)30(43)32(25,31)35)28(41)38(27(21)40)19-7-5-18(6-8-19)36-11-13-44-14-12-36/h2-9,21,23-25,39H,10-16H2,1H3/t21-,23+,24-,25+,31+,32-/m0/s1. The lowest BCUT2D eigenvalue weighted by Crippen LogP contribution is -2.60. The zero-order chi connectivity index (χ0) is 31.1. The number of phenols is 1. The normalized spacial score (nSPS) is 33.4. The molecule has 230 valence electrons. The number of carbonyl (C=O) groups excluding carboxylic acids is 4. The number of aromatic hydroxyl groups is 1. The lowest BCUT2D eigenvalue weighted by Gasteiger charge is -2.50. The number of likely N-dealkylation sites (tertiary alicyclic amines) is 1. The predicted molar refractivity (Wildman–Crippen MR) is 168 cm³/mol. The van der Waals surface area contributed by atoms with E-state index in [0.29, 0.717) is 35.6 Å². The van der Waals surface area contributed by atoms with Gasteiger partial charge >= 0.3 is 0 Å². The number of phenolic OH excluding ortho intramolecular Hbond substituents is 1. The van der Waals surface area contributed by atoms with E-state index in [0.717, 1.165) is 23.7 Å². The Morgan fingerprint density at radius 2 is 1.64 bits per heavy atom. The van der Waals surface area contributed by atoms with Gasteiger partial charge in [0.15, 0.2) is 9.75 Å². The van der Waals surface area contributed by atoms with Crippen molar-refractivity contribution in [1.82, 2.24) is 4.90 Å². The molecule has 6 atom stereocenters. The van der Waals surface area contributed by atoms with Crippen molar-refractivity contribution in [2.45, 2.75) is 35.4 Å². The molecule has 4 amide bonds. The number of imide groups is 2. The first-order valence-electron chi connectivity index (χ1n) is 14.6. The Hall–Kier alpha value is -2.92. The van der Waals surface area contributed by atoms with Crippen LogP contribution in [0.3, 0.4) is 0 Å². The zero-order valence-electron chi connectivity index (χ0n) is 23.8. The van der Waals surface area contributed by atoms with Gasteiger partial charge in [-0.2, -0.15) is 0 Å². The van der Waals surface area contributed by atoms with Crippen LogP contribution in [0.4, 0.5) is 11.4 Å². The number of halogens is 3. The number of anilines is 2. The maximum absolute atomic E-state index is 14.3. The summed E-state index contributed by atoms with van der Waals surface area (Å²) in [4.78, 5) is 56.4. The fourth-order valence-electron chi connectivity index (χ4n) is 7.90. The SMILES string of the molecule is Cc1cccc([C@H]2C3=CC[C@@H]4C(=O)N(c5ccc(N6CCOCC6)cc5)C(=O)[C@@H]4[C@@H]3C[C@@]3(Cl)C(=O)N(CBr)C(=O)[C@@]23Cl)c1O. The number of carbonyl (C=O) groups is 4. The first kappa shape index (κ1) is 29.8. The van der Waals surface area contributed by atoms with E-state index in [1.807, 2.05) is 18.2 Å². The molecule has 3 heterocycles. The molecule has 0 unspecified atom stereocenters. The molecular formula is C32H30BrCl2N3O6. The number of rotatable bonds is 4. The molecular weight excluding hydrogens is 673 g/mol. The second-order valence-electron chi connectivity index (χ2n) is 12.1. The lowest BCUT2D eigenvalue weighted by atomic mass is 9.56. The number of morpholine rings is 1. The molecule has 1 N–H and O–H groups in total. The van der Waals surface area contributed by atoms with E-state index in [1.54, 1.807) is 37.3 Å². The van der Waals surface area contributed by atoms with Crippen LogP contribution in [-0.4, -0.2) is 75.1 Å². The Bertz CT molecular complexity index is 1630. The van der Waals surface area contributed by atoms with Gasteiger partial charge in [-0.1, -0.05) is 45.8 Å². The van der Waals surface area contributed by atoms with Crippen molar-refractivity contribution >= 4 is 74.1 Å². The monoisotopic (exact) mass is 701 g/mol. The summed E-state index contributed by atoms with van der Waals surface area (Å²) < 4.78 is 5.44. The summed E-state index contributed by atoms with van der Waals surface area (Å²) in [7, 11) is 0. The second kappa shape index (κ2) is 10.6. The summed E-state index contributed by atoms with van der Waals surface area (Å²) in [5, 5.41) is 11.2. The van der Waals surface area contributed by atoms with Crippen LogP contribution >= 0.6 is 39.1 Å². The minimum Gasteiger partial charge on any atom is -0.507 e. The number of fused-ring (bicyclic) bond motifs is 4. The van der Waals surface area contributed by atoms with Gasteiger partial charge in [-0.05, 0) is 55.5 Å². The van der Waals surface area contributed by atoms with E-state index >= 15 is 0 Å². The highest BCUT2D eigenvalue weighted by molar-refractivity contribution is 9.09. The van der Waals surface area contributed by atoms with Crippen LogP contribution in [0.5, 0.6) is 5.75 Å². The van der Waals surface area contributed by atoms with E-state index in [4.69, 9.17) is 27.9 Å². The van der Waals surface area contributed by atoms with Gasteiger partial charge in [-0.15, -0.1) is 23.2 Å². The Morgan fingerprint density at radius 3 is 2.32 bits per heavy atom. The first-order valence-corrected chi connectivity index (χ1v) is 16.5. The highest BCUT2D eigenvalue weighted by Crippen LogP contribution is 2.66. The summed E-state index contributed by atoms with van der Waals surface area (Å²) in [6, 6.07) is 12.5. The van der Waals surface area contributed by atoms with Crippen LogP contribution in [0.2, 0.25) is 0 Å². The molecule has 0 radical (unpaired) electrons. The van der Waals surface area contributed by atoms with E-state index in [1.165, 1.54) is 4.90 Å². The Kier molecular flexibility index (Phi) is 7.16. The topological polar surface area (TPSA) is 107 Å². The first-order chi connectivity index (χ1) is 21.0. The lowest BCUT2D eigenvalue weighted by molar-refractivity contribution is -0.138. The van der Waals surface area contributed by atoms with E-state index in [2.05, 4.69) is 20.8 Å². The van der Waals surface area contributed by atoms with E-state index in [9.17, 15) is 24.3 Å². The van der Waals surface area contributed by atoms with Crippen molar-refractivity contribution in [3.8, 4) is 5.75 Å². The fraction of sp³-hybridized carbons (Fsp3) is 0.438. The zero-order valence-corrected chi connectivity index (χ0v) is 26.9.